The van der Waals surface area contributed by atoms with Crippen molar-refractivity contribution in [2.45, 2.75) is 17.9 Å². The summed E-state index contributed by atoms with van der Waals surface area (Å²) < 4.78 is 39.4. The van der Waals surface area contributed by atoms with Crippen molar-refractivity contribution < 1.29 is 22.7 Å². The average molecular weight is 453 g/mol. The van der Waals surface area contributed by atoms with E-state index in [-0.39, 0.29) is 24.6 Å². The van der Waals surface area contributed by atoms with Crippen molar-refractivity contribution in [2.75, 3.05) is 24.0 Å². The number of nitrogens with one attached hydrogen (secondary N) is 1. The second kappa shape index (κ2) is 9.32. The summed E-state index contributed by atoms with van der Waals surface area (Å²) in [5.41, 5.74) is 1.37. The molecule has 0 radical (unpaired) electrons. The number of rotatable bonds is 7. The number of nitrogens with zero attached hydrogens (tertiary/aromatic N) is 1. The highest BCUT2D eigenvalue weighted by Crippen LogP contribution is 2.36. The second-order valence-electron chi connectivity index (χ2n) is 7.38. The zero-order valence-corrected chi connectivity index (χ0v) is 18.4. The number of hydrogen-bond donors (Lipinski definition) is 1. The summed E-state index contributed by atoms with van der Waals surface area (Å²) in [6.07, 6.45) is -0.984. The van der Waals surface area contributed by atoms with Crippen LogP contribution in [0.1, 0.15) is 5.56 Å². The molecule has 1 aliphatic rings. The Hall–Kier alpha value is -3.52. The molecule has 166 valence electrons. The molecule has 1 amide bonds. The van der Waals surface area contributed by atoms with Crippen LogP contribution in [0, 0.1) is 6.92 Å². The van der Waals surface area contributed by atoms with E-state index in [1.54, 1.807) is 48.5 Å². The van der Waals surface area contributed by atoms with Gasteiger partial charge in [0, 0.05) is 0 Å². The van der Waals surface area contributed by atoms with Crippen LogP contribution in [0.2, 0.25) is 0 Å². The minimum absolute atomic E-state index is 0.126. The molecule has 0 bridgehead atoms. The van der Waals surface area contributed by atoms with Gasteiger partial charge in [-0.15, -0.1) is 0 Å². The van der Waals surface area contributed by atoms with Crippen LogP contribution in [0.4, 0.5) is 5.69 Å². The van der Waals surface area contributed by atoms with Gasteiger partial charge in [-0.05, 0) is 43.3 Å². The summed E-state index contributed by atoms with van der Waals surface area (Å²) in [6.45, 7) is 2.31. The normalized spacial score (nSPS) is 15.4. The molecule has 0 unspecified atom stereocenters. The Balaban J connectivity index is 1.48. The molecule has 1 heterocycles. The summed E-state index contributed by atoms with van der Waals surface area (Å²) in [6, 6.07) is 22.7. The molecule has 0 spiro atoms. The van der Waals surface area contributed by atoms with Gasteiger partial charge in [0.15, 0.2) is 6.10 Å². The minimum Gasteiger partial charge on any atom is -0.492 e. The number of amides is 1. The number of carbonyl (C=O) groups is 1. The third-order valence-corrected chi connectivity index (χ3v) is 6.84. The highest BCUT2D eigenvalue weighted by Gasteiger charge is 2.37. The molecule has 1 aliphatic heterocycles. The van der Waals surface area contributed by atoms with E-state index in [0.29, 0.717) is 17.2 Å². The smallest absolute Gasteiger partial charge is 0.264 e. The maximum absolute atomic E-state index is 13.4. The highest BCUT2D eigenvalue weighted by molar-refractivity contribution is 7.92. The van der Waals surface area contributed by atoms with Crippen molar-refractivity contribution >= 4 is 21.6 Å². The monoisotopic (exact) mass is 452 g/mol. The lowest BCUT2D eigenvalue weighted by atomic mass is 10.2. The third-order valence-electron chi connectivity index (χ3n) is 5.05. The summed E-state index contributed by atoms with van der Waals surface area (Å²) >= 11 is 0. The largest absolute Gasteiger partial charge is 0.492 e. The van der Waals surface area contributed by atoms with Crippen LogP contribution in [-0.2, 0) is 14.8 Å². The zero-order valence-electron chi connectivity index (χ0n) is 17.6. The van der Waals surface area contributed by atoms with Gasteiger partial charge in [-0.3, -0.25) is 9.10 Å². The predicted octanol–water partition coefficient (Wildman–Crippen LogP) is 3.15. The van der Waals surface area contributed by atoms with Gasteiger partial charge in [0.1, 0.15) is 18.1 Å². The lowest BCUT2D eigenvalue weighted by molar-refractivity contribution is -0.127. The molecule has 0 saturated heterocycles. The van der Waals surface area contributed by atoms with Crippen LogP contribution >= 0.6 is 0 Å². The Labute approximate surface area is 187 Å². The predicted molar refractivity (Wildman–Crippen MR) is 122 cm³/mol. The number of carbonyl (C=O) groups excluding carboxylic acids is 1. The van der Waals surface area contributed by atoms with Gasteiger partial charge < -0.3 is 14.8 Å². The van der Waals surface area contributed by atoms with Crippen molar-refractivity contribution in [3.8, 4) is 11.5 Å². The van der Waals surface area contributed by atoms with Crippen LogP contribution in [0.5, 0.6) is 11.5 Å². The molecule has 0 fully saturated rings. The van der Waals surface area contributed by atoms with Crippen molar-refractivity contribution in [1.82, 2.24) is 5.32 Å². The standard InChI is InChI=1S/C24H24N2O5S/c1-18-11-13-20(14-12-18)32(28,29)26-17-23(31-22-10-6-5-9-21(22)26)24(27)25-15-16-30-19-7-3-2-4-8-19/h2-14,23H,15-17H2,1H3,(H,25,27)/t23-/m1/s1. The van der Waals surface area contributed by atoms with Crippen LogP contribution < -0.4 is 19.1 Å². The molecule has 0 aliphatic carbocycles. The van der Waals surface area contributed by atoms with E-state index in [0.717, 1.165) is 5.56 Å². The van der Waals surface area contributed by atoms with Gasteiger partial charge >= 0.3 is 0 Å². The Morgan fingerprint density at radius 3 is 2.47 bits per heavy atom. The fraction of sp³-hybridized carbons (Fsp3) is 0.208. The number of hydrogen-bond acceptors (Lipinski definition) is 5. The van der Waals surface area contributed by atoms with Crippen molar-refractivity contribution in [1.29, 1.82) is 0 Å². The summed E-state index contributed by atoms with van der Waals surface area (Å²) in [7, 11) is -3.87. The fourth-order valence-corrected chi connectivity index (χ4v) is 4.85. The molecule has 7 nitrogen and oxygen atoms in total. The van der Waals surface area contributed by atoms with Gasteiger partial charge in [-0.2, -0.15) is 0 Å². The molecule has 1 atom stereocenters. The molecule has 8 heteroatoms. The van der Waals surface area contributed by atoms with Crippen molar-refractivity contribution in [3.63, 3.8) is 0 Å². The van der Waals surface area contributed by atoms with Crippen molar-refractivity contribution in [3.05, 3.63) is 84.4 Å². The number of sulfonamides is 1. The fourth-order valence-electron chi connectivity index (χ4n) is 3.38. The van der Waals surface area contributed by atoms with E-state index >= 15 is 0 Å². The number of anilines is 1. The Morgan fingerprint density at radius 1 is 1.03 bits per heavy atom. The van der Waals surface area contributed by atoms with Crippen LogP contribution in [0.25, 0.3) is 0 Å². The van der Waals surface area contributed by atoms with Crippen molar-refractivity contribution in [2.24, 2.45) is 0 Å². The van der Waals surface area contributed by atoms with E-state index in [4.69, 9.17) is 9.47 Å². The molecule has 1 N–H and O–H groups in total. The molecule has 3 aromatic rings. The first kappa shape index (κ1) is 21.7. The van der Waals surface area contributed by atoms with E-state index in [2.05, 4.69) is 5.32 Å². The van der Waals surface area contributed by atoms with E-state index in [1.165, 1.54) is 4.31 Å². The van der Waals surface area contributed by atoms with Gasteiger partial charge in [-0.1, -0.05) is 48.0 Å². The van der Waals surface area contributed by atoms with Gasteiger partial charge in [0.05, 0.1) is 23.7 Å². The molecular weight excluding hydrogens is 428 g/mol. The Kier molecular flexibility index (Phi) is 6.32. The van der Waals surface area contributed by atoms with Gasteiger partial charge in [-0.25, -0.2) is 8.42 Å². The topological polar surface area (TPSA) is 84.9 Å². The Morgan fingerprint density at radius 2 is 1.72 bits per heavy atom. The van der Waals surface area contributed by atoms with Gasteiger partial charge in [0.25, 0.3) is 15.9 Å². The molecule has 0 saturated carbocycles. The number of fused-ring (bicyclic) bond motifs is 1. The molecular formula is C24H24N2O5S. The van der Waals surface area contributed by atoms with Crippen LogP contribution in [0.3, 0.4) is 0 Å². The molecule has 0 aromatic heterocycles. The number of benzene rings is 3. The first-order valence-electron chi connectivity index (χ1n) is 10.3. The second-order valence-corrected chi connectivity index (χ2v) is 9.24. The average Bonchev–Trinajstić information content (AvgIpc) is 2.82. The Bertz CT molecular complexity index is 1180. The quantitative estimate of drug-likeness (QED) is 0.557. The third kappa shape index (κ3) is 4.70. The van der Waals surface area contributed by atoms with Crippen LogP contribution in [0.15, 0.2) is 83.8 Å². The number of aryl methyl sites for hydroxylation is 1. The maximum atomic E-state index is 13.4. The lowest BCUT2D eigenvalue weighted by Crippen LogP contribution is -2.51. The lowest BCUT2D eigenvalue weighted by Gasteiger charge is -2.34. The molecule has 32 heavy (non-hydrogen) atoms. The zero-order chi connectivity index (χ0) is 22.6. The number of ether oxygens (including phenoxy) is 2. The highest BCUT2D eigenvalue weighted by atomic mass is 32.2. The first-order chi connectivity index (χ1) is 15.4. The minimum atomic E-state index is -3.87. The summed E-state index contributed by atoms with van der Waals surface area (Å²) in [4.78, 5) is 12.9. The SMILES string of the molecule is Cc1ccc(S(=O)(=O)N2C[C@H](C(=O)NCCOc3ccccc3)Oc3ccccc32)cc1. The van der Waals surface area contributed by atoms with Crippen LogP contribution in [-0.4, -0.2) is 40.1 Å². The summed E-state index contributed by atoms with van der Waals surface area (Å²) in [5, 5.41) is 2.76. The molecule has 4 rings (SSSR count). The van der Waals surface area contributed by atoms with Gasteiger partial charge in [0.2, 0.25) is 0 Å². The number of para-hydroxylation sites is 3. The van der Waals surface area contributed by atoms with E-state index in [9.17, 15) is 13.2 Å². The first-order valence-corrected chi connectivity index (χ1v) is 11.7. The van der Waals surface area contributed by atoms with E-state index in [1.807, 2.05) is 37.3 Å². The summed E-state index contributed by atoms with van der Waals surface area (Å²) in [5.74, 6) is 0.648. The van der Waals surface area contributed by atoms with E-state index < -0.39 is 22.0 Å². The maximum Gasteiger partial charge on any atom is 0.264 e. The molecule has 3 aromatic carbocycles.